The van der Waals surface area contributed by atoms with E-state index in [1.54, 1.807) is 6.92 Å². The number of carbonyl (C=O) groups excluding carboxylic acids is 2. The first kappa shape index (κ1) is 11.3. The molecular formula is C9H13ClO4. The Bertz CT molecular complexity index is 241. The molecule has 0 aromatic rings. The number of ether oxygens (including phenoxy) is 2. The third-order valence-corrected chi connectivity index (χ3v) is 2.68. The van der Waals surface area contributed by atoms with Crippen LogP contribution in [0.1, 0.15) is 20.3 Å². The van der Waals surface area contributed by atoms with Crippen LogP contribution < -0.4 is 0 Å². The first-order chi connectivity index (χ1) is 6.56. The summed E-state index contributed by atoms with van der Waals surface area (Å²) >= 11 is 5.67. The maximum atomic E-state index is 11.3. The van der Waals surface area contributed by atoms with Gasteiger partial charge in [0.05, 0.1) is 5.92 Å². The standard InChI is InChI=1S/C9H13ClO4/c1-3-5(2)8(11)14-6-4-13-9(12)7(6)10/h5-7H,3-4H2,1-2H3. The Hall–Kier alpha value is -0.770. The molecule has 1 aliphatic heterocycles. The Morgan fingerprint density at radius 3 is 2.86 bits per heavy atom. The Morgan fingerprint density at radius 2 is 2.43 bits per heavy atom. The number of hydrogen-bond acceptors (Lipinski definition) is 4. The molecule has 4 nitrogen and oxygen atoms in total. The lowest BCUT2D eigenvalue weighted by Gasteiger charge is -2.14. The molecule has 1 aliphatic rings. The molecule has 3 atom stereocenters. The van der Waals surface area contributed by atoms with E-state index in [1.165, 1.54) is 0 Å². The summed E-state index contributed by atoms with van der Waals surface area (Å²) in [6, 6.07) is 0. The van der Waals surface area contributed by atoms with E-state index in [4.69, 9.17) is 16.3 Å². The summed E-state index contributed by atoms with van der Waals surface area (Å²) < 4.78 is 9.67. The van der Waals surface area contributed by atoms with Gasteiger partial charge < -0.3 is 9.47 Å². The predicted molar refractivity (Wildman–Crippen MR) is 49.9 cm³/mol. The zero-order valence-electron chi connectivity index (χ0n) is 8.16. The monoisotopic (exact) mass is 220 g/mol. The van der Waals surface area contributed by atoms with E-state index in [9.17, 15) is 9.59 Å². The minimum atomic E-state index is -0.858. The lowest BCUT2D eigenvalue weighted by molar-refractivity contribution is -0.153. The molecule has 1 fully saturated rings. The van der Waals surface area contributed by atoms with E-state index < -0.39 is 17.5 Å². The fraction of sp³-hybridized carbons (Fsp3) is 0.778. The number of alkyl halides is 1. The molecule has 3 unspecified atom stereocenters. The minimum Gasteiger partial charge on any atom is -0.460 e. The SMILES string of the molecule is CCC(C)C(=O)OC1COC(=O)C1Cl. The van der Waals surface area contributed by atoms with E-state index in [0.717, 1.165) is 0 Å². The normalized spacial score (nSPS) is 28.4. The molecule has 0 radical (unpaired) electrons. The lowest BCUT2D eigenvalue weighted by Crippen LogP contribution is -2.29. The van der Waals surface area contributed by atoms with Crippen LogP contribution >= 0.6 is 11.6 Å². The topological polar surface area (TPSA) is 52.6 Å². The molecule has 5 heteroatoms. The number of carbonyl (C=O) groups is 2. The summed E-state index contributed by atoms with van der Waals surface area (Å²) in [5.41, 5.74) is 0. The van der Waals surface area contributed by atoms with Gasteiger partial charge in [-0.2, -0.15) is 0 Å². The van der Waals surface area contributed by atoms with Gasteiger partial charge in [0.25, 0.3) is 0 Å². The molecule has 0 aliphatic carbocycles. The molecule has 0 aromatic heterocycles. The van der Waals surface area contributed by atoms with E-state index in [0.29, 0.717) is 6.42 Å². The molecule has 14 heavy (non-hydrogen) atoms. The van der Waals surface area contributed by atoms with Crippen LogP contribution in [0.15, 0.2) is 0 Å². The van der Waals surface area contributed by atoms with Gasteiger partial charge in [-0.1, -0.05) is 13.8 Å². The maximum absolute atomic E-state index is 11.3. The molecule has 0 aromatic carbocycles. The van der Waals surface area contributed by atoms with Crippen LogP contribution in [0.4, 0.5) is 0 Å². The second-order valence-corrected chi connectivity index (χ2v) is 3.79. The van der Waals surface area contributed by atoms with Crippen LogP contribution in [0.2, 0.25) is 0 Å². The number of esters is 2. The lowest BCUT2D eigenvalue weighted by atomic mass is 10.1. The van der Waals surface area contributed by atoms with Crippen LogP contribution in [0.25, 0.3) is 0 Å². The van der Waals surface area contributed by atoms with Crippen molar-refractivity contribution >= 4 is 23.5 Å². The van der Waals surface area contributed by atoms with Crippen molar-refractivity contribution in [2.24, 2.45) is 5.92 Å². The first-order valence-corrected chi connectivity index (χ1v) is 5.01. The Kier molecular flexibility index (Phi) is 3.75. The third kappa shape index (κ3) is 2.38. The highest BCUT2D eigenvalue weighted by molar-refractivity contribution is 6.31. The van der Waals surface area contributed by atoms with Crippen LogP contribution in [0, 0.1) is 5.92 Å². The van der Waals surface area contributed by atoms with Crippen molar-refractivity contribution in [3.8, 4) is 0 Å². The molecule has 1 heterocycles. The fourth-order valence-electron chi connectivity index (χ4n) is 1.01. The van der Waals surface area contributed by atoms with Crippen molar-refractivity contribution in [2.45, 2.75) is 31.7 Å². The number of rotatable bonds is 3. The van der Waals surface area contributed by atoms with Crippen molar-refractivity contribution in [2.75, 3.05) is 6.61 Å². The average Bonchev–Trinajstić information content (AvgIpc) is 2.48. The van der Waals surface area contributed by atoms with E-state index >= 15 is 0 Å². The summed E-state index contributed by atoms with van der Waals surface area (Å²) in [5.74, 6) is -1.02. The molecule has 1 rings (SSSR count). The van der Waals surface area contributed by atoms with E-state index in [1.807, 2.05) is 6.92 Å². The third-order valence-electron chi connectivity index (χ3n) is 2.22. The average molecular weight is 221 g/mol. The highest BCUT2D eigenvalue weighted by Gasteiger charge is 2.38. The van der Waals surface area contributed by atoms with Crippen molar-refractivity contribution in [3.63, 3.8) is 0 Å². The second-order valence-electron chi connectivity index (χ2n) is 3.32. The Morgan fingerprint density at radius 1 is 1.79 bits per heavy atom. The smallest absolute Gasteiger partial charge is 0.328 e. The van der Waals surface area contributed by atoms with Gasteiger partial charge in [-0.15, -0.1) is 11.6 Å². The van der Waals surface area contributed by atoms with Crippen molar-refractivity contribution < 1.29 is 19.1 Å². The molecule has 0 bridgehead atoms. The fourth-order valence-corrected chi connectivity index (χ4v) is 1.19. The quantitative estimate of drug-likeness (QED) is 0.528. The summed E-state index contributed by atoms with van der Waals surface area (Å²) in [4.78, 5) is 22.2. The molecule has 0 saturated carbocycles. The summed E-state index contributed by atoms with van der Waals surface area (Å²) in [6.45, 7) is 3.72. The van der Waals surface area contributed by atoms with Gasteiger partial charge in [0.2, 0.25) is 0 Å². The predicted octanol–water partition coefficient (Wildman–Crippen LogP) is 1.11. The second kappa shape index (κ2) is 4.64. The largest absolute Gasteiger partial charge is 0.460 e. The summed E-state index contributed by atoms with van der Waals surface area (Å²) in [5, 5.41) is -0.858. The molecular weight excluding hydrogens is 208 g/mol. The molecule has 0 spiro atoms. The van der Waals surface area contributed by atoms with Crippen LogP contribution in [-0.2, 0) is 19.1 Å². The van der Waals surface area contributed by atoms with E-state index in [2.05, 4.69) is 4.74 Å². The highest BCUT2D eigenvalue weighted by atomic mass is 35.5. The number of hydrogen-bond donors (Lipinski definition) is 0. The summed E-state index contributed by atoms with van der Waals surface area (Å²) in [7, 11) is 0. The van der Waals surface area contributed by atoms with Gasteiger partial charge in [0.15, 0.2) is 11.5 Å². The minimum absolute atomic E-state index is 0.0647. The zero-order valence-corrected chi connectivity index (χ0v) is 8.91. The Labute approximate surface area is 87.5 Å². The number of halogens is 1. The van der Waals surface area contributed by atoms with E-state index in [-0.39, 0.29) is 18.5 Å². The van der Waals surface area contributed by atoms with Gasteiger partial charge >= 0.3 is 11.9 Å². The summed E-state index contributed by atoms with van der Waals surface area (Å²) in [6.07, 6.45) is 0.0681. The molecule has 80 valence electrons. The molecule has 0 amide bonds. The van der Waals surface area contributed by atoms with Gasteiger partial charge in [-0.05, 0) is 6.42 Å². The van der Waals surface area contributed by atoms with Gasteiger partial charge in [-0.3, -0.25) is 9.59 Å². The van der Waals surface area contributed by atoms with Gasteiger partial charge in [-0.25, -0.2) is 0 Å². The van der Waals surface area contributed by atoms with Crippen LogP contribution in [0.3, 0.4) is 0 Å². The Balaban J connectivity index is 2.45. The molecule has 1 saturated heterocycles. The van der Waals surface area contributed by atoms with Crippen molar-refractivity contribution in [1.82, 2.24) is 0 Å². The zero-order chi connectivity index (χ0) is 10.7. The van der Waals surface area contributed by atoms with Gasteiger partial charge in [0, 0.05) is 0 Å². The van der Waals surface area contributed by atoms with Crippen molar-refractivity contribution in [3.05, 3.63) is 0 Å². The first-order valence-electron chi connectivity index (χ1n) is 4.57. The van der Waals surface area contributed by atoms with Crippen LogP contribution in [-0.4, -0.2) is 30.0 Å². The van der Waals surface area contributed by atoms with Gasteiger partial charge in [0.1, 0.15) is 6.61 Å². The van der Waals surface area contributed by atoms with Crippen LogP contribution in [0.5, 0.6) is 0 Å². The maximum Gasteiger partial charge on any atom is 0.328 e. The number of cyclic esters (lactones) is 1. The van der Waals surface area contributed by atoms with Crippen molar-refractivity contribution in [1.29, 1.82) is 0 Å². The highest BCUT2D eigenvalue weighted by Crippen LogP contribution is 2.19. The molecule has 0 N–H and O–H groups in total.